The van der Waals surface area contributed by atoms with E-state index in [0.29, 0.717) is 68.8 Å². The Labute approximate surface area is 247 Å². The maximum atomic E-state index is 13.0. The molecule has 12 heteroatoms. The summed E-state index contributed by atoms with van der Waals surface area (Å²) in [5.74, 6) is -0.130. The summed E-state index contributed by atoms with van der Waals surface area (Å²) < 4.78 is 39.4. The first kappa shape index (κ1) is 32.8. The highest BCUT2D eigenvalue weighted by Gasteiger charge is 2.28. The molecular weight excluding hydrogens is 577 g/mol. The molecule has 0 aliphatic carbocycles. The molecule has 3 rings (SSSR count). The fraction of sp³-hybridized carbons (Fsp3) is 0.536. The third-order valence-electron chi connectivity index (χ3n) is 6.57. The lowest BCUT2D eigenvalue weighted by Gasteiger charge is -2.33. The number of rotatable bonds is 16. The summed E-state index contributed by atoms with van der Waals surface area (Å²) in [4.78, 5) is 14.0. The molecule has 9 nitrogen and oxygen atoms in total. The van der Waals surface area contributed by atoms with Crippen molar-refractivity contribution < 1.29 is 27.8 Å². The molecule has 3 N–H and O–H groups in total. The van der Waals surface area contributed by atoms with E-state index in [1.165, 1.54) is 0 Å². The molecular formula is C28H39Cl2N3O6S. The summed E-state index contributed by atoms with van der Waals surface area (Å²) in [5, 5.41) is 13.1. The second kappa shape index (κ2) is 16.0. The third kappa shape index (κ3) is 10.3. The van der Waals surface area contributed by atoms with Crippen LogP contribution in [0, 0.1) is 0 Å². The summed E-state index contributed by atoms with van der Waals surface area (Å²) in [6, 6.07) is 10.6. The topological polar surface area (TPSA) is 117 Å². The van der Waals surface area contributed by atoms with Gasteiger partial charge in [0.2, 0.25) is 15.9 Å². The number of ether oxygens (including phenoxy) is 2. The Morgan fingerprint density at radius 3 is 2.58 bits per heavy atom. The molecule has 1 aliphatic heterocycles. The van der Waals surface area contributed by atoms with Gasteiger partial charge in [0.25, 0.3) is 0 Å². The molecule has 1 heterocycles. The lowest BCUT2D eigenvalue weighted by atomic mass is 9.85. The van der Waals surface area contributed by atoms with Crippen molar-refractivity contribution in [3.05, 3.63) is 63.1 Å². The van der Waals surface area contributed by atoms with Crippen LogP contribution in [-0.4, -0.2) is 83.5 Å². The molecule has 0 saturated heterocycles. The van der Waals surface area contributed by atoms with Gasteiger partial charge in [0.1, 0.15) is 0 Å². The summed E-state index contributed by atoms with van der Waals surface area (Å²) >= 11 is 12.8. The number of fused-ring (bicyclic) bond motifs is 1. The van der Waals surface area contributed by atoms with Crippen molar-refractivity contribution >= 4 is 39.1 Å². The minimum atomic E-state index is -3.73. The SMILES string of the molecule is CC(O)CCCC(=O)NCCOCCOCCNS(=O)(=O)c1cccc([C@@H]2CN(C)Cc3c(Cl)cc(Cl)cc32)c1. The Hall–Kier alpha value is -1.76. The Kier molecular flexibility index (Phi) is 13.1. The Bertz CT molecular complexity index is 1230. The second-order valence-electron chi connectivity index (χ2n) is 9.99. The molecule has 0 radical (unpaired) electrons. The largest absolute Gasteiger partial charge is 0.393 e. The maximum Gasteiger partial charge on any atom is 0.240 e. The molecule has 2 aromatic carbocycles. The van der Waals surface area contributed by atoms with Crippen LogP contribution in [-0.2, 0) is 30.8 Å². The second-order valence-corrected chi connectivity index (χ2v) is 12.6. The van der Waals surface area contributed by atoms with Crippen molar-refractivity contribution in [1.29, 1.82) is 0 Å². The standard InChI is InChI=1S/C28H39Cl2N3O6S/c1-20(34)5-3-8-28(35)31-9-11-38-13-14-39-12-10-32-40(36,37)23-7-4-6-21(15-23)25-18-33(2)19-26-24(25)16-22(29)17-27(26)30/h4,6-7,15-17,20,25,32,34H,3,5,8-14,18-19H2,1-2H3,(H,31,35)/t20?,25-/m0/s1. The quantitative estimate of drug-likeness (QED) is 0.247. The smallest absolute Gasteiger partial charge is 0.240 e. The first-order chi connectivity index (χ1) is 19.1. The first-order valence-electron chi connectivity index (χ1n) is 13.4. The molecule has 222 valence electrons. The van der Waals surface area contributed by atoms with Crippen molar-refractivity contribution in [2.75, 3.05) is 53.1 Å². The molecule has 1 unspecified atom stereocenters. The van der Waals surface area contributed by atoms with Crippen molar-refractivity contribution in [1.82, 2.24) is 14.9 Å². The highest BCUT2D eigenvalue weighted by molar-refractivity contribution is 7.89. The normalized spacial score (nSPS) is 16.5. The zero-order valence-corrected chi connectivity index (χ0v) is 25.3. The summed E-state index contributed by atoms with van der Waals surface area (Å²) in [6.07, 6.45) is 1.22. The lowest BCUT2D eigenvalue weighted by Crippen LogP contribution is -2.31. The molecule has 0 saturated carbocycles. The van der Waals surface area contributed by atoms with Crippen LogP contribution in [0.5, 0.6) is 0 Å². The number of aliphatic hydroxyl groups excluding tert-OH is 1. The van der Waals surface area contributed by atoms with Crippen LogP contribution in [0.2, 0.25) is 10.0 Å². The van der Waals surface area contributed by atoms with Gasteiger partial charge < -0.3 is 24.8 Å². The van der Waals surface area contributed by atoms with Gasteiger partial charge in [-0.3, -0.25) is 4.79 Å². The first-order valence-corrected chi connectivity index (χ1v) is 15.7. The summed E-state index contributed by atoms with van der Waals surface area (Å²) in [5.41, 5.74) is 2.90. The molecule has 0 fully saturated rings. The van der Waals surface area contributed by atoms with Gasteiger partial charge in [-0.1, -0.05) is 35.3 Å². The van der Waals surface area contributed by atoms with Crippen LogP contribution >= 0.6 is 23.2 Å². The van der Waals surface area contributed by atoms with Crippen LogP contribution < -0.4 is 10.0 Å². The fourth-order valence-corrected chi connectivity index (χ4v) is 6.23. The van der Waals surface area contributed by atoms with E-state index < -0.39 is 16.1 Å². The number of benzene rings is 2. The average Bonchev–Trinajstić information content (AvgIpc) is 2.89. The third-order valence-corrected chi connectivity index (χ3v) is 8.58. The van der Waals surface area contributed by atoms with Gasteiger partial charge in [-0.15, -0.1) is 0 Å². The van der Waals surface area contributed by atoms with Crippen molar-refractivity contribution in [3.8, 4) is 0 Å². The van der Waals surface area contributed by atoms with E-state index in [0.717, 1.165) is 16.7 Å². The lowest BCUT2D eigenvalue weighted by molar-refractivity contribution is -0.121. The van der Waals surface area contributed by atoms with Gasteiger partial charge >= 0.3 is 0 Å². The number of hydrogen-bond acceptors (Lipinski definition) is 7. The average molecular weight is 617 g/mol. The predicted molar refractivity (Wildman–Crippen MR) is 156 cm³/mol. The monoisotopic (exact) mass is 615 g/mol. The van der Waals surface area contributed by atoms with Gasteiger partial charge in [0, 0.05) is 48.6 Å². The van der Waals surface area contributed by atoms with Crippen LogP contribution in [0.15, 0.2) is 41.3 Å². The Morgan fingerprint density at radius 2 is 1.85 bits per heavy atom. The van der Waals surface area contributed by atoms with Crippen LogP contribution in [0.25, 0.3) is 0 Å². The highest BCUT2D eigenvalue weighted by Crippen LogP contribution is 2.38. The van der Waals surface area contributed by atoms with Crippen LogP contribution in [0.1, 0.15) is 48.8 Å². The number of carbonyl (C=O) groups excluding carboxylic acids is 1. The number of hydrogen-bond donors (Lipinski definition) is 3. The molecule has 0 spiro atoms. The molecule has 2 atom stereocenters. The van der Waals surface area contributed by atoms with E-state index in [4.69, 9.17) is 32.7 Å². The number of carbonyl (C=O) groups is 1. The number of likely N-dealkylation sites (N-methyl/N-ethyl adjacent to an activating group) is 1. The van der Waals surface area contributed by atoms with Crippen molar-refractivity contribution in [2.45, 2.75) is 49.6 Å². The molecule has 0 bridgehead atoms. The molecule has 40 heavy (non-hydrogen) atoms. The number of nitrogens with zero attached hydrogens (tertiary/aromatic N) is 1. The van der Waals surface area contributed by atoms with Crippen molar-refractivity contribution in [2.24, 2.45) is 0 Å². The van der Waals surface area contributed by atoms with Gasteiger partial charge in [-0.2, -0.15) is 0 Å². The Morgan fingerprint density at radius 1 is 1.12 bits per heavy atom. The van der Waals surface area contributed by atoms with E-state index in [9.17, 15) is 18.3 Å². The number of aliphatic hydroxyl groups is 1. The van der Waals surface area contributed by atoms with Crippen LogP contribution in [0.4, 0.5) is 0 Å². The molecule has 0 aromatic heterocycles. The number of amides is 1. The van der Waals surface area contributed by atoms with E-state index in [-0.39, 0.29) is 29.9 Å². The minimum Gasteiger partial charge on any atom is -0.393 e. The highest BCUT2D eigenvalue weighted by atomic mass is 35.5. The van der Waals surface area contributed by atoms with Gasteiger partial charge in [-0.05, 0) is 67.8 Å². The zero-order chi connectivity index (χ0) is 29.1. The number of sulfonamides is 1. The van der Waals surface area contributed by atoms with Crippen molar-refractivity contribution in [3.63, 3.8) is 0 Å². The van der Waals surface area contributed by atoms with Gasteiger partial charge in [0.05, 0.1) is 37.4 Å². The van der Waals surface area contributed by atoms with E-state index in [2.05, 4.69) is 14.9 Å². The van der Waals surface area contributed by atoms with E-state index in [1.807, 2.05) is 19.2 Å². The number of nitrogens with one attached hydrogen (secondary N) is 2. The van der Waals surface area contributed by atoms with E-state index >= 15 is 0 Å². The zero-order valence-electron chi connectivity index (χ0n) is 23.0. The number of halogens is 2. The molecule has 1 aliphatic rings. The summed E-state index contributed by atoms with van der Waals surface area (Å²) in [7, 11) is -1.73. The van der Waals surface area contributed by atoms with Gasteiger partial charge in [-0.25, -0.2) is 13.1 Å². The van der Waals surface area contributed by atoms with Gasteiger partial charge in [0.15, 0.2) is 0 Å². The maximum absolute atomic E-state index is 13.0. The minimum absolute atomic E-state index is 0.0631. The fourth-order valence-electron chi connectivity index (χ4n) is 4.59. The molecule has 2 aromatic rings. The summed E-state index contributed by atoms with van der Waals surface area (Å²) in [6.45, 7) is 4.82. The van der Waals surface area contributed by atoms with Crippen LogP contribution in [0.3, 0.4) is 0 Å². The molecule has 1 amide bonds. The van der Waals surface area contributed by atoms with E-state index in [1.54, 1.807) is 31.2 Å². The Balaban J connectivity index is 1.40. The predicted octanol–water partition coefficient (Wildman–Crippen LogP) is 3.55.